The Balaban J connectivity index is 2.18. The highest BCUT2D eigenvalue weighted by Crippen LogP contribution is 2.29. The molecule has 19 heavy (non-hydrogen) atoms. The van der Waals surface area contributed by atoms with E-state index in [2.05, 4.69) is 36.5 Å². The molecule has 1 aromatic carbocycles. The van der Waals surface area contributed by atoms with Crippen molar-refractivity contribution in [1.29, 1.82) is 0 Å². The highest BCUT2D eigenvalue weighted by molar-refractivity contribution is 7.12. The number of hydrogen-bond donors (Lipinski definition) is 1. The summed E-state index contributed by atoms with van der Waals surface area (Å²) in [6, 6.07) is 13.0. The molecule has 0 aliphatic heterocycles. The topological polar surface area (TPSA) is 21.3 Å². The molecule has 1 heterocycles. The lowest BCUT2D eigenvalue weighted by molar-refractivity contribution is 0.406. The molecule has 102 valence electrons. The van der Waals surface area contributed by atoms with Gasteiger partial charge in [0.05, 0.1) is 7.11 Å². The summed E-state index contributed by atoms with van der Waals surface area (Å²) in [4.78, 5) is 2.83. The van der Waals surface area contributed by atoms with Crippen molar-refractivity contribution in [3.05, 3.63) is 51.7 Å². The predicted octanol–water partition coefficient (Wildman–Crippen LogP) is 3.82. The van der Waals surface area contributed by atoms with Crippen molar-refractivity contribution in [2.45, 2.75) is 25.8 Å². The fourth-order valence-electron chi connectivity index (χ4n) is 2.21. The van der Waals surface area contributed by atoms with Gasteiger partial charge >= 0.3 is 0 Å². The Hall–Kier alpha value is -1.32. The van der Waals surface area contributed by atoms with Gasteiger partial charge in [-0.3, -0.25) is 0 Å². The summed E-state index contributed by atoms with van der Waals surface area (Å²) in [5, 5.41) is 3.41. The van der Waals surface area contributed by atoms with Crippen LogP contribution in [0.1, 0.15) is 28.3 Å². The Labute approximate surface area is 119 Å². The monoisotopic (exact) mass is 275 g/mol. The van der Waals surface area contributed by atoms with Gasteiger partial charge in [-0.25, -0.2) is 0 Å². The second-order valence-corrected chi connectivity index (χ2v) is 5.71. The second-order valence-electron chi connectivity index (χ2n) is 4.51. The number of aryl methyl sites for hydroxylation is 1. The van der Waals surface area contributed by atoms with E-state index in [1.807, 2.05) is 30.5 Å². The van der Waals surface area contributed by atoms with Crippen molar-refractivity contribution in [3.8, 4) is 5.75 Å². The molecule has 0 aliphatic rings. The Morgan fingerprint density at radius 2 is 2.00 bits per heavy atom. The summed E-state index contributed by atoms with van der Waals surface area (Å²) in [5.74, 6) is 0.968. The van der Waals surface area contributed by atoms with Crippen molar-refractivity contribution >= 4 is 11.3 Å². The molecule has 0 saturated heterocycles. The molecule has 1 N–H and O–H groups in total. The minimum atomic E-state index is 0.349. The van der Waals surface area contributed by atoms with Crippen LogP contribution in [-0.2, 0) is 12.8 Å². The molecule has 2 nitrogen and oxygen atoms in total. The van der Waals surface area contributed by atoms with Crippen LogP contribution < -0.4 is 10.1 Å². The lowest BCUT2D eigenvalue weighted by Gasteiger charge is -2.16. The Morgan fingerprint density at radius 1 is 1.21 bits per heavy atom. The van der Waals surface area contributed by atoms with Crippen LogP contribution >= 0.6 is 11.3 Å². The highest BCUT2D eigenvalue weighted by atomic mass is 32.1. The molecule has 0 aliphatic carbocycles. The normalized spacial score (nSPS) is 12.4. The molecule has 0 radical (unpaired) electrons. The fourth-order valence-corrected chi connectivity index (χ4v) is 3.27. The zero-order valence-corrected chi connectivity index (χ0v) is 12.6. The Kier molecular flexibility index (Phi) is 5.00. The van der Waals surface area contributed by atoms with Crippen LogP contribution in [0.3, 0.4) is 0 Å². The molecule has 0 bridgehead atoms. The zero-order valence-electron chi connectivity index (χ0n) is 11.8. The van der Waals surface area contributed by atoms with Gasteiger partial charge in [-0.2, -0.15) is 0 Å². The van der Waals surface area contributed by atoms with Gasteiger partial charge in [0, 0.05) is 15.8 Å². The summed E-state index contributed by atoms with van der Waals surface area (Å²) >= 11 is 1.89. The van der Waals surface area contributed by atoms with Crippen molar-refractivity contribution in [2.24, 2.45) is 0 Å². The molecule has 1 atom stereocenters. The maximum atomic E-state index is 5.43. The lowest BCUT2D eigenvalue weighted by atomic mass is 10.0. The maximum Gasteiger partial charge on any atom is 0.122 e. The number of ether oxygens (including phenoxy) is 1. The van der Waals surface area contributed by atoms with E-state index in [4.69, 9.17) is 4.74 Å². The van der Waals surface area contributed by atoms with Crippen LogP contribution in [0.5, 0.6) is 5.75 Å². The summed E-state index contributed by atoms with van der Waals surface area (Å²) < 4.78 is 5.43. The predicted molar refractivity (Wildman–Crippen MR) is 82.2 cm³/mol. The van der Waals surface area contributed by atoms with Gasteiger partial charge in [0.15, 0.2) is 0 Å². The van der Waals surface area contributed by atoms with E-state index >= 15 is 0 Å². The van der Waals surface area contributed by atoms with E-state index in [0.717, 1.165) is 18.6 Å². The molecular formula is C16H21NOS. The van der Waals surface area contributed by atoms with Crippen LogP contribution in [0.15, 0.2) is 36.4 Å². The first kappa shape index (κ1) is 14.1. The van der Waals surface area contributed by atoms with Crippen LogP contribution in [0, 0.1) is 0 Å². The average molecular weight is 275 g/mol. The van der Waals surface area contributed by atoms with E-state index in [1.165, 1.54) is 15.3 Å². The highest BCUT2D eigenvalue weighted by Gasteiger charge is 2.14. The van der Waals surface area contributed by atoms with Gasteiger partial charge in [-0.05, 0) is 43.7 Å². The average Bonchev–Trinajstić information content (AvgIpc) is 2.93. The van der Waals surface area contributed by atoms with Crippen LogP contribution in [-0.4, -0.2) is 14.2 Å². The quantitative estimate of drug-likeness (QED) is 0.865. The lowest BCUT2D eigenvalue weighted by Crippen LogP contribution is -2.18. The number of rotatable bonds is 6. The van der Waals surface area contributed by atoms with E-state index in [1.54, 1.807) is 7.11 Å². The molecule has 0 fully saturated rings. The van der Waals surface area contributed by atoms with E-state index in [-0.39, 0.29) is 0 Å². The molecule has 1 aromatic heterocycles. The smallest absolute Gasteiger partial charge is 0.122 e. The first-order chi connectivity index (χ1) is 9.28. The third-order valence-electron chi connectivity index (χ3n) is 3.34. The Bertz CT molecular complexity index is 521. The molecule has 0 spiro atoms. The first-order valence-corrected chi connectivity index (χ1v) is 7.47. The van der Waals surface area contributed by atoms with Gasteiger partial charge in [0.2, 0.25) is 0 Å². The SMILES string of the molecule is CCc1ccc(C(Cc2ccccc2OC)NC)s1. The maximum absolute atomic E-state index is 5.43. The molecular weight excluding hydrogens is 254 g/mol. The summed E-state index contributed by atoms with van der Waals surface area (Å²) in [5.41, 5.74) is 1.25. The molecule has 2 aromatic rings. The number of methoxy groups -OCH3 is 1. The Morgan fingerprint density at radius 3 is 2.63 bits per heavy atom. The first-order valence-electron chi connectivity index (χ1n) is 6.66. The third-order valence-corrected chi connectivity index (χ3v) is 4.68. The van der Waals surface area contributed by atoms with Crippen LogP contribution in [0.4, 0.5) is 0 Å². The molecule has 3 heteroatoms. The van der Waals surface area contributed by atoms with Crippen molar-refractivity contribution in [1.82, 2.24) is 5.32 Å². The number of likely N-dealkylation sites (N-methyl/N-ethyl adjacent to an activating group) is 1. The van der Waals surface area contributed by atoms with Crippen LogP contribution in [0.25, 0.3) is 0 Å². The number of nitrogens with one attached hydrogen (secondary N) is 1. The second kappa shape index (κ2) is 6.73. The van der Waals surface area contributed by atoms with Gasteiger partial charge in [0.25, 0.3) is 0 Å². The largest absolute Gasteiger partial charge is 0.496 e. The summed E-state index contributed by atoms with van der Waals surface area (Å²) in [7, 11) is 3.75. The standard InChI is InChI=1S/C16H21NOS/c1-4-13-9-10-16(19-13)14(17-2)11-12-7-5-6-8-15(12)18-3/h5-10,14,17H,4,11H2,1-3H3. The van der Waals surface area contributed by atoms with E-state index in [0.29, 0.717) is 6.04 Å². The summed E-state index contributed by atoms with van der Waals surface area (Å²) in [6.45, 7) is 2.20. The number of thiophene rings is 1. The molecule has 0 saturated carbocycles. The molecule has 2 rings (SSSR count). The minimum absolute atomic E-state index is 0.349. The van der Waals surface area contributed by atoms with Gasteiger partial charge in [-0.1, -0.05) is 25.1 Å². The van der Waals surface area contributed by atoms with Crippen LogP contribution in [0.2, 0.25) is 0 Å². The number of para-hydroxylation sites is 1. The third kappa shape index (κ3) is 3.37. The van der Waals surface area contributed by atoms with Crippen molar-refractivity contribution < 1.29 is 4.74 Å². The van der Waals surface area contributed by atoms with E-state index < -0.39 is 0 Å². The zero-order chi connectivity index (χ0) is 13.7. The summed E-state index contributed by atoms with van der Waals surface area (Å²) in [6.07, 6.45) is 2.06. The fraction of sp³-hybridized carbons (Fsp3) is 0.375. The molecule has 1 unspecified atom stereocenters. The number of hydrogen-bond acceptors (Lipinski definition) is 3. The van der Waals surface area contributed by atoms with Crippen molar-refractivity contribution in [2.75, 3.05) is 14.2 Å². The van der Waals surface area contributed by atoms with E-state index in [9.17, 15) is 0 Å². The van der Waals surface area contributed by atoms with Gasteiger partial charge < -0.3 is 10.1 Å². The van der Waals surface area contributed by atoms with Crippen molar-refractivity contribution in [3.63, 3.8) is 0 Å². The van der Waals surface area contributed by atoms with Gasteiger partial charge in [0.1, 0.15) is 5.75 Å². The van der Waals surface area contributed by atoms with Gasteiger partial charge in [-0.15, -0.1) is 11.3 Å². The molecule has 0 amide bonds. The minimum Gasteiger partial charge on any atom is -0.496 e. The number of benzene rings is 1.